The Morgan fingerprint density at radius 2 is 1.83 bits per heavy atom. The molecule has 0 aromatic rings. The molecule has 1 unspecified atom stereocenters. The zero-order valence-electron chi connectivity index (χ0n) is 15.1. The fourth-order valence-electron chi connectivity index (χ4n) is 7.54. The molecule has 4 aliphatic carbocycles. The third-order valence-electron chi connectivity index (χ3n) is 8.74. The molecule has 2 N–H and O–H groups in total. The van der Waals surface area contributed by atoms with Crippen molar-refractivity contribution in [2.75, 3.05) is 0 Å². The lowest BCUT2D eigenvalue weighted by Gasteiger charge is -2.58. The van der Waals surface area contributed by atoms with Gasteiger partial charge in [0.25, 0.3) is 0 Å². The maximum Gasteiger partial charge on any atom is 0.0724 e. The molecule has 0 amide bonds. The van der Waals surface area contributed by atoms with Crippen molar-refractivity contribution in [2.24, 2.45) is 34.5 Å². The molecule has 23 heavy (non-hydrogen) atoms. The molecule has 0 saturated heterocycles. The topological polar surface area (TPSA) is 40.5 Å². The van der Waals surface area contributed by atoms with Gasteiger partial charge in [-0.15, -0.1) is 0 Å². The quantitative estimate of drug-likeness (QED) is 0.707. The van der Waals surface area contributed by atoms with Crippen LogP contribution < -0.4 is 0 Å². The van der Waals surface area contributed by atoms with Gasteiger partial charge in [0.2, 0.25) is 0 Å². The molecule has 2 heteroatoms. The predicted octanol–water partition coefficient (Wildman–Crippen LogP) is 4.31. The third-order valence-corrected chi connectivity index (χ3v) is 8.74. The summed E-state index contributed by atoms with van der Waals surface area (Å²) in [7, 11) is 0. The fourth-order valence-corrected chi connectivity index (χ4v) is 7.54. The van der Waals surface area contributed by atoms with Crippen molar-refractivity contribution in [3.05, 3.63) is 11.6 Å². The highest BCUT2D eigenvalue weighted by atomic mass is 16.3. The molecule has 4 aliphatic rings. The van der Waals surface area contributed by atoms with Gasteiger partial charge < -0.3 is 10.2 Å². The Morgan fingerprint density at radius 1 is 1.04 bits per heavy atom. The van der Waals surface area contributed by atoms with Crippen molar-refractivity contribution in [2.45, 2.75) is 84.3 Å². The first-order chi connectivity index (χ1) is 10.9. The van der Waals surface area contributed by atoms with E-state index in [9.17, 15) is 10.2 Å². The Balaban J connectivity index is 1.64. The smallest absolute Gasteiger partial charge is 0.0724 e. The van der Waals surface area contributed by atoms with Gasteiger partial charge >= 0.3 is 0 Å². The van der Waals surface area contributed by atoms with E-state index in [2.05, 4.69) is 19.9 Å². The minimum absolute atomic E-state index is 0.152. The standard InChI is InChI=1S/C21H34O2/c1-13(22)17-6-7-18-16-5-4-14-12-15(23)8-10-20(14,2)19(16)9-11-21(17,18)3/h12-13,15-19,22-23H,4-11H2,1-3H3/t13?,15-,16+,17-,18+,19+,20+,21-/m1/s1. The Bertz CT molecular complexity index is 510. The van der Waals surface area contributed by atoms with Gasteiger partial charge in [-0.05, 0) is 92.8 Å². The molecular weight excluding hydrogens is 284 g/mol. The van der Waals surface area contributed by atoms with Crippen LogP contribution in [0.15, 0.2) is 11.6 Å². The van der Waals surface area contributed by atoms with Crippen LogP contribution in [0.1, 0.15) is 72.1 Å². The van der Waals surface area contributed by atoms with Crippen LogP contribution in [-0.2, 0) is 0 Å². The first kappa shape index (κ1) is 16.1. The van der Waals surface area contributed by atoms with Crippen LogP contribution >= 0.6 is 0 Å². The molecule has 0 radical (unpaired) electrons. The van der Waals surface area contributed by atoms with Crippen molar-refractivity contribution >= 4 is 0 Å². The molecule has 0 spiro atoms. The first-order valence-corrected chi connectivity index (χ1v) is 9.93. The van der Waals surface area contributed by atoms with Crippen LogP contribution in [0.4, 0.5) is 0 Å². The highest BCUT2D eigenvalue weighted by Crippen LogP contribution is 2.67. The number of rotatable bonds is 1. The summed E-state index contributed by atoms with van der Waals surface area (Å²) < 4.78 is 0. The summed E-state index contributed by atoms with van der Waals surface area (Å²) in [4.78, 5) is 0. The summed E-state index contributed by atoms with van der Waals surface area (Å²) in [5, 5.41) is 20.3. The van der Waals surface area contributed by atoms with E-state index >= 15 is 0 Å². The Labute approximate surface area is 141 Å². The molecule has 0 heterocycles. The van der Waals surface area contributed by atoms with Gasteiger partial charge in [0.05, 0.1) is 12.2 Å². The Hall–Kier alpha value is -0.340. The molecule has 2 nitrogen and oxygen atoms in total. The molecule has 3 saturated carbocycles. The molecule has 4 rings (SSSR count). The van der Waals surface area contributed by atoms with E-state index in [4.69, 9.17) is 0 Å². The van der Waals surface area contributed by atoms with Crippen LogP contribution in [0.3, 0.4) is 0 Å². The van der Waals surface area contributed by atoms with Gasteiger partial charge in [-0.2, -0.15) is 0 Å². The van der Waals surface area contributed by atoms with Crippen LogP contribution in [0.2, 0.25) is 0 Å². The Morgan fingerprint density at radius 3 is 2.57 bits per heavy atom. The van der Waals surface area contributed by atoms with E-state index in [1.54, 1.807) is 5.57 Å². The van der Waals surface area contributed by atoms with Gasteiger partial charge in [-0.1, -0.05) is 25.5 Å². The average Bonchev–Trinajstić information content (AvgIpc) is 2.85. The first-order valence-electron chi connectivity index (χ1n) is 9.93. The number of allylic oxidation sites excluding steroid dienone is 1. The van der Waals surface area contributed by atoms with Crippen molar-refractivity contribution in [1.29, 1.82) is 0 Å². The van der Waals surface area contributed by atoms with E-state index in [1.165, 1.54) is 44.9 Å². The van der Waals surface area contributed by atoms with E-state index in [0.29, 0.717) is 16.7 Å². The SMILES string of the molecule is CC(O)[C@H]1CC[C@H]2[C@@H]3CCC4=C[C@H](O)CC[C@]4(C)[C@H]3CC[C@]12C. The lowest BCUT2D eigenvalue weighted by Crippen LogP contribution is -2.51. The summed E-state index contributed by atoms with van der Waals surface area (Å²) in [5.74, 6) is 2.97. The molecule has 8 atom stereocenters. The number of hydrogen-bond acceptors (Lipinski definition) is 2. The van der Waals surface area contributed by atoms with Crippen LogP contribution in [0.5, 0.6) is 0 Å². The average molecular weight is 319 g/mol. The van der Waals surface area contributed by atoms with E-state index in [0.717, 1.165) is 24.2 Å². The lowest BCUT2D eigenvalue weighted by atomic mass is 9.46. The van der Waals surface area contributed by atoms with Gasteiger partial charge in [0.1, 0.15) is 0 Å². The van der Waals surface area contributed by atoms with Gasteiger partial charge in [0, 0.05) is 0 Å². The fraction of sp³-hybridized carbons (Fsp3) is 0.905. The molecule has 0 aromatic heterocycles. The van der Waals surface area contributed by atoms with E-state index < -0.39 is 0 Å². The Kier molecular flexibility index (Phi) is 3.74. The molecule has 3 fully saturated rings. The summed E-state index contributed by atoms with van der Waals surface area (Å²) >= 11 is 0. The predicted molar refractivity (Wildman–Crippen MR) is 92.9 cm³/mol. The molecular formula is C21H34O2. The highest BCUT2D eigenvalue weighted by Gasteiger charge is 2.59. The summed E-state index contributed by atoms with van der Waals surface area (Å²) in [6, 6.07) is 0. The van der Waals surface area contributed by atoms with Crippen LogP contribution in [-0.4, -0.2) is 22.4 Å². The van der Waals surface area contributed by atoms with Crippen molar-refractivity contribution in [1.82, 2.24) is 0 Å². The highest BCUT2D eigenvalue weighted by molar-refractivity contribution is 5.25. The number of hydrogen-bond donors (Lipinski definition) is 2. The van der Waals surface area contributed by atoms with Gasteiger partial charge in [-0.3, -0.25) is 0 Å². The monoisotopic (exact) mass is 318 g/mol. The maximum atomic E-state index is 10.3. The summed E-state index contributed by atoms with van der Waals surface area (Å²) in [6.45, 7) is 6.98. The second kappa shape index (κ2) is 5.33. The molecule has 0 aromatic carbocycles. The van der Waals surface area contributed by atoms with Crippen molar-refractivity contribution < 1.29 is 10.2 Å². The van der Waals surface area contributed by atoms with Crippen LogP contribution in [0.25, 0.3) is 0 Å². The second-order valence-electron chi connectivity index (χ2n) is 9.60. The largest absolute Gasteiger partial charge is 0.393 e. The van der Waals surface area contributed by atoms with Crippen molar-refractivity contribution in [3.8, 4) is 0 Å². The second-order valence-corrected chi connectivity index (χ2v) is 9.60. The zero-order chi connectivity index (χ0) is 16.4. The normalized spacial score (nSPS) is 53.8. The zero-order valence-corrected chi connectivity index (χ0v) is 15.1. The van der Waals surface area contributed by atoms with Crippen molar-refractivity contribution in [3.63, 3.8) is 0 Å². The minimum Gasteiger partial charge on any atom is -0.393 e. The number of aliphatic hydroxyl groups excluding tert-OH is 2. The maximum absolute atomic E-state index is 10.3. The van der Waals surface area contributed by atoms with Gasteiger partial charge in [0.15, 0.2) is 0 Å². The van der Waals surface area contributed by atoms with Crippen LogP contribution in [0, 0.1) is 34.5 Å². The van der Waals surface area contributed by atoms with Gasteiger partial charge in [-0.25, -0.2) is 0 Å². The molecule has 0 bridgehead atoms. The molecule has 130 valence electrons. The minimum atomic E-state index is -0.199. The third kappa shape index (κ3) is 2.20. The van der Waals surface area contributed by atoms with E-state index in [1.807, 2.05) is 6.92 Å². The molecule has 0 aliphatic heterocycles. The summed E-state index contributed by atoms with van der Waals surface area (Å²) in [5.41, 5.74) is 2.26. The lowest BCUT2D eigenvalue weighted by molar-refractivity contribution is -0.0725. The number of aliphatic hydroxyl groups is 2. The summed E-state index contributed by atoms with van der Waals surface area (Å²) in [6.07, 6.45) is 11.6. The van der Waals surface area contributed by atoms with E-state index in [-0.39, 0.29) is 12.2 Å². The number of fused-ring (bicyclic) bond motifs is 5.